The second-order valence-corrected chi connectivity index (χ2v) is 7.83. The zero-order valence-electron chi connectivity index (χ0n) is 17.0. The van der Waals surface area contributed by atoms with Crippen LogP contribution >= 0.6 is 11.6 Å². The second-order valence-electron chi connectivity index (χ2n) is 7.42. The number of amides is 1. The molecule has 164 valence electrons. The molecule has 31 heavy (non-hydrogen) atoms. The fourth-order valence-corrected chi connectivity index (χ4v) is 3.42. The number of pyridine rings is 1. The maximum Gasteiger partial charge on any atom is 0.417 e. The number of anilines is 1. The summed E-state index contributed by atoms with van der Waals surface area (Å²) >= 11 is 5.62. The number of fused-ring (bicyclic) bond motifs is 1. The summed E-state index contributed by atoms with van der Waals surface area (Å²) in [5.74, 6) is -0.500. The number of aromatic nitrogens is 1. The van der Waals surface area contributed by atoms with Crippen LogP contribution < -0.4 is 10.9 Å². The quantitative estimate of drug-likeness (QED) is 0.603. The van der Waals surface area contributed by atoms with Gasteiger partial charge in [0.25, 0.3) is 5.56 Å². The first-order valence-electron chi connectivity index (χ1n) is 9.48. The lowest BCUT2D eigenvalue weighted by atomic mass is 10.1. The summed E-state index contributed by atoms with van der Waals surface area (Å²) in [5, 5.41) is 3.29. The Morgan fingerprint density at radius 3 is 2.55 bits per heavy atom. The number of likely N-dealkylation sites (N-methyl/N-ethyl adjacent to an activating group) is 1. The number of nitrogens with zero attached hydrogens (tertiary/aromatic N) is 2. The Morgan fingerprint density at radius 1 is 1.13 bits per heavy atom. The number of nitrogens with one attached hydrogen (secondary N) is 1. The van der Waals surface area contributed by atoms with Crippen LogP contribution in [0.4, 0.5) is 18.9 Å². The van der Waals surface area contributed by atoms with Gasteiger partial charge in [-0.15, -0.1) is 0 Å². The van der Waals surface area contributed by atoms with E-state index in [-0.39, 0.29) is 17.5 Å². The molecule has 3 rings (SSSR count). The minimum atomic E-state index is -4.61. The van der Waals surface area contributed by atoms with E-state index >= 15 is 0 Å². The van der Waals surface area contributed by atoms with E-state index in [1.807, 2.05) is 19.0 Å². The number of alkyl halides is 3. The molecule has 0 saturated carbocycles. The van der Waals surface area contributed by atoms with Crippen LogP contribution in [0.5, 0.6) is 0 Å². The maximum absolute atomic E-state index is 13.0. The fourth-order valence-electron chi connectivity index (χ4n) is 3.19. The van der Waals surface area contributed by atoms with Gasteiger partial charge in [0.05, 0.1) is 17.0 Å². The fraction of sp³-hybridized carbons (Fsp3) is 0.273. The summed E-state index contributed by atoms with van der Waals surface area (Å²) in [7, 11) is 3.83. The minimum absolute atomic E-state index is 0.178. The van der Waals surface area contributed by atoms with Crippen molar-refractivity contribution in [2.45, 2.75) is 19.1 Å². The third-order valence-corrected chi connectivity index (χ3v) is 5.11. The monoisotopic (exact) mass is 451 g/mol. The average molecular weight is 452 g/mol. The molecule has 0 saturated heterocycles. The number of rotatable bonds is 6. The predicted molar refractivity (Wildman–Crippen MR) is 116 cm³/mol. The maximum atomic E-state index is 13.0. The van der Waals surface area contributed by atoms with Crippen molar-refractivity contribution in [2.75, 3.05) is 26.0 Å². The first-order chi connectivity index (χ1) is 14.6. The van der Waals surface area contributed by atoms with Gasteiger partial charge in [-0.1, -0.05) is 23.7 Å². The van der Waals surface area contributed by atoms with E-state index in [9.17, 15) is 22.8 Å². The molecule has 1 N–H and O–H groups in total. The van der Waals surface area contributed by atoms with Gasteiger partial charge in [-0.3, -0.25) is 9.59 Å². The lowest BCUT2D eigenvalue weighted by molar-refractivity contribution is -0.137. The Labute approximate surface area is 182 Å². The molecular formula is C22H21ClF3N3O2. The van der Waals surface area contributed by atoms with Gasteiger partial charge in [0.1, 0.15) is 0 Å². The molecular weight excluding hydrogens is 431 g/mol. The van der Waals surface area contributed by atoms with Crippen LogP contribution in [0.3, 0.4) is 0 Å². The number of carbonyl (C=O) groups is 1. The first kappa shape index (κ1) is 22.8. The van der Waals surface area contributed by atoms with Crippen LogP contribution in [0.25, 0.3) is 10.8 Å². The third-order valence-electron chi connectivity index (χ3n) is 4.78. The van der Waals surface area contributed by atoms with Crippen molar-refractivity contribution in [3.8, 4) is 0 Å². The van der Waals surface area contributed by atoms with Crippen molar-refractivity contribution in [3.63, 3.8) is 0 Å². The summed E-state index contributed by atoms with van der Waals surface area (Å²) in [4.78, 5) is 27.2. The number of benzene rings is 2. The van der Waals surface area contributed by atoms with Crippen molar-refractivity contribution >= 4 is 34.0 Å². The Balaban J connectivity index is 1.83. The van der Waals surface area contributed by atoms with E-state index in [1.165, 1.54) is 6.07 Å². The van der Waals surface area contributed by atoms with E-state index in [1.54, 1.807) is 35.0 Å². The highest BCUT2D eigenvalue weighted by Crippen LogP contribution is 2.35. The molecule has 0 bridgehead atoms. The van der Waals surface area contributed by atoms with Crippen LogP contribution in [0.1, 0.15) is 11.1 Å². The Hall–Kier alpha value is -2.84. The zero-order chi connectivity index (χ0) is 22.8. The van der Waals surface area contributed by atoms with E-state index in [2.05, 4.69) is 5.32 Å². The van der Waals surface area contributed by atoms with Crippen LogP contribution in [-0.4, -0.2) is 36.0 Å². The lowest BCUT2D eigenvalue weighted by Gasteiger charge is -2.14. The zero-order valence-corrected chi connectivity index (χ0v) is 17.7. The molecule has 3 aromatic rings. The van der Waals surface area contributed by atoms with Gasteiger partial charge in [-0.05, 0) is 50.0 Å². The minimum Gasteiger partial charge on any atom is -0.325 e. The molecule has 1 heterocycles. The summed E-state index contributed by atoms with van der Waals surface area (Å²) in [5.41, 5.74) is -0.559. The lowest BCUT2D eigenvalue weighted by Crippen LogP contribution is -2.26. The highest BCUT2D eigenvalue weighted by molar-refractivity contribution is 6.31. The molecule has 1 aromatic heterocycles. The highest BCUT2D eigenvalue weighted by atomic mass is 35.5. The number of carbonyl (C=O) groups excluding carboxylic acids is 1. The smallest absolute Gasteiger partial charge is 0.325 e. The normalized spacial score (nSPS) is 11.8. The van der Waals surface area contributed by atoms with Crippen LogP contribution in [0, 0.1) is 0 Å². The van der Waals surface area contributed by atoms with Gasteiger partial charge >= 0.3 is 6.18 Å². The largest absolute Gasteiger partial charge is 0.417 e. The van der Waals surface area contributed by atoms with Crippen molar-refractivity contribution in [2.24, 2.45) is 0 Å². The molecule has 0 aliphatic carbocycles. The molecule has 0 aliphatic rings. The Bertz CT molecular complexity index is 1170. The number of halogens is 4. The van der Waals surface area contributed by atoms with Gasteiger partial charge in [0.2, 0.25) is 5.91 Å². The van der Waals surface area contributed by atoms with E-state index in [0.29, 0.717) is 29.5 Å². The van der Waals surface area contributed by atoms with Gasteiger partial charge in [0.15, 0.2) is 0 Å². The van der Waals surface area contributed by atoms with Crippen molar-refractivity contribution < 1.29 is 18.0 Å². The van der Waals surface area contributed by atoms with Gasteiger partial charge in [-0.2, -0.15) is 13.2 Å². The SMILES string of the molecule is CN(C)CCn1ccc2c(NC(=O)Cc3ccc(Cl)c(C(F)(F)F)c3)cccc2c1=O. The van der Waals surface area contributed by atoms with Crippen LogP contribution in [-0.2, 0) is 23.9 Å². The topological polar surface area (TPSA) is 54.3 Å². The van der Waals surface area contributed by atoms with E-state index in [0.717, 1.165) is 12.1 Å². The van der Waals surface area contributed by atoms with Crippen LogP contribution in [0.15, 0.2) is 53.5 Å². The average Bonchev–Trinajstić information content (AvgIpc) is 2.68. The predicted octanol–water partition coefficient (Wildman–Crippen LogP) is 4.42. The standard InChI is InChI=1S/C22H21ClF3N3O2/c1-28(2)10-11-29-9-8-15-16(21(29)31)4-3-5-19(15)27-20(30)13-14-6-7-18(23)17(12-14)22(24,25)26/h3-9,12H,10-11,13H2,1-2H3,(H,27,30). The Morgan fingerprint density at radius 2 is 1.87 bits per heavy atom. The molecule has 5 nitrogen and oxygen atoms in total. The van der Waals surface area contributed by atoms with Gasteiger partial charge in [0, 0.05) is 35.7 Å². The molecule has 0 unspecified atom stereocenters. The summed E-state index contributed by atoms with van der Waals surface area (Å²) in [6.45, 7) is 1.22. The number of hydrogen-bond acceptors (Lipinski definition) is 3. The molecule has 9 heteroatoms. The molecule has 2 aromatic carbocycles. The molecule has 0 atom stereocenters. The van der Waals surface area contributed by atoms with Gasteiger partial charge < -0.3 is 14.8 Å². The van der Waals surface area contributed by atoms with E-state index < -0.39 is 22.7 Å². The molecule has 0 spiro atoms. The van der Waals surface area contributed by atoms with Crippen LogP contribution in [0.2, 0.25) is 5.02 Å². The van der Waals surface area contributed by atoms with Crippen molar-refractivity contribution in [1.82, 2.24) is 9.47 Å². The van der Waals surface area contributed by atoms with Gasteiger partial charge in [-0.25, -0.2) is 0 Å². The molecule has 0 radical (unpaired) electrons. The number of hydrogen-bond donors (Lipinski definition) is 1. The Kier molecular flexibility index (Phi) is 6.71. The second kappa shape index (κ2) is 9.11. The van der Waals surface area contributed by atoms with E-state index in [4.69, 9.17) is 11.6 Å². The van der Waals surface area contributed by atoms with Crippen molar-refractivity contribution in [3.05, 3.63) is 75.2 Å². The molecule has 0 fully saturated rings. The third kappa shape index (κ3) is 5.45. The molecule has 1 amide bonds. The van der Waals surface area contributed by atoms with Crippen molar-refractivity contribution in [1.29, 1.82) is 0 Å². The summed E-state index contributed by atoms with van der Waals surface area (Å²) in [6, 6.07) is 10.1. The highest BCUT2D eigenvalue weighted by Gasteiger charge is 2.33. The molecule has 0 aliphatic heterocycles. The summed E-state index contributed by atoms with van der Waals surface area (Å²) < 4.78 is 40.7. The first-order valence-corrected chi connectivity index (χ1v) is 9.86. The summed E-state index contributed by atoms with van der Waals surface area (Å²) in [6.07, 6.45) is -3.21.